The minimum Gasteiger partial charge on any atom is -0.307 e. The highest BCUT2D eigenvalue weighted by molar-refractivity contribution is 6.31. The number of carbonyl (C=O) groups excluding carboxylic acids is 1. The molecule has 4 rings (SSSR count). The maximum atomic E-state index is 12.8. The Hall–Kier alpha value is -2.59. The number of nitrogens with zero attached hydrogens (tertiary/aromatic N) is 2. The Morgan fingerprint density at radius 3 is 3.00 bits per heavy atom. The summed E-state index contributed by atoms with van der Waals surface area (Å²) in [7, 11) is 0. The summed E-state index contributed by atoms with van der Waals surface area (Å²) in [6.45, 7) is 2.64. The third-order valence-electron chi connectivity index (χ3n) is 4.39. The number of hydrogen-bond acceptors (Lipinski definition) is 2. The van der Waals surface area contributed by atoms with E-state index in [1.165, 1.54) is 0 Å². The van der Waals surface area contributed by atoms with Crippen LogP contribution >= 0.6 is 11.6 Å². The van der Waals surface area contributed by atoms with Gasteiger partial charge >= 0.3 is 6.03 Å². The summed E-state index contributed by atoms with van der Waals surface area (Å²) in [6.07, 6.45) is 2.59. The van der Waals surface area contributed by atoms with E-state index in [9.17, 15) is 4.79 Å². The van der Waals surface area contributed by atoms with E-state index < -0.39 is 0 Å². The fraction of sp³-hybridized carbons (Fsp3) is 0.158. The zero-order valence-corrected chi connectivity index (χ0v) is 14.0. The highest BCUT2D eigenvalue weighted by Gasteiger charge is 2.25. The molecule has 2 amide bonds. The minimum atomic E-state index is -0.148. The number of halogens is 1. The molecular formula is C19H16ClN3O. The molecule has 0 saturated heterocycles. The van der Waals surface area contributed by atoms with E-state index in [2.05, 4.69) is 16.4 Å². The third kappa shape index (κ3) is 2.49. The predicted molar refractivity (Wildman–Crippen MR) is 98.0 cm³/mol. The third-order valence-corrected chi connectivity index (χ3v) is 4.80. The molecule has 1 aromatic heterocycles. The Kier molecular flexibility index (Phi) is 3.62. The van der Waals surface area contributed by atoms with E-state index in [0.717, 1.165) is 39.8 Å². The van der Waals surface area contributed by atoms with Crippen LogP contribution in [-0.4, -0.2) is 17.6 Å². The fourth-order valence-electron chi connectivity index (χ4n) is 3.14. The van der Waals surface area contributed by atoms with Gasteiger partial charge < -0.3 is 5.32 Å². The summed E-state index contributed by atoms with van der Waals surface area (Å²) in [5, 5.41) is 4.61. The van der Waals surface area contributed by atoms with Crippen molar-refractivity contribution in [1.82, 2.24) is 4.98 Å². The van der Waals surface area contributed by atoms with Crippen LogP contribution in [0.25, 0.3) is 10.9 Å². The van der Waals surface area contributed by atoms with Gasteiger partial charge in [0.15, 0.2) is 0 Å². The van der Waals surface area contributed by atoms with Crippen molar-refractivity contribution in [3.8, 4) is 0 Å². The van der Waals surface area contributed by atoms with Crippen LogP contribution in [-0.2, 0) is 6.42 Å². The van der Waals surface area contributed by atoms with Gasteiger partial charge in [-0.3, -0.25) is 9.88 Å². The average Bonchev–Trinajstić information content (AvgIpc) is 2.98. The van der Waals surface area contributed by atoms with Gasteiger partial charge in [-0.1, -0.05) is 23.7 Å². The van der Waals surface area contributed by atoms with E-state index in [1.807, 2.05) is 43.3 Å². The molecule has 0 fully saturated rings. The second-order valence-corrected chi connectivity index (χ2v) is 6.34. The van der Waals surface area contributed by atoms with Gasteiger partial charge in [0, 0.05) is 23.2 Å². The van der Waals surface area contributed by atoms with E-state index in [-0.39, 0.29) is 6.03 Å². The first-order valence-electron chi connectivity index (χ1n) is 7.85. The van der Waals surface area contributed by atoms with E-state index >= 15 is 0 Å². The molecule has 2 aromatic carbocycles. The van der Waals surface area contributed by atoms with Gasteiger partial charge in [-0.2, -0.15) is 0 Å². The second kappa shape index (κ2) is 5.80. The number of benzene rings is 2. The first kappa shape index (κ1) is 15.0. The van der Waals surface area contributed by atoms with Crippen LogP contribution in [0.4, 0.5) is 16.2 Å². The van der Waals surface area contributed by atoms with E-state index in [4.69, 9.17) is 11.6 Å². The topological polar surface area (TPSA) is 45.2 Å². The number of pyridine rings is 1. The summed E-state index contributed by atoms with van der Waals surface area (Å²) in [4.78, 5) is 18.8. The summed E-state index contributed by atoms with van der Waals surface area (Å²) in [5.74, 6) is 0. The molecule has 2 heterocycles. The smallest absolute Gasteiger partial charge is 0.307 e. The van der Waals surface area contributed by atoms with Crippen molar-refractivity contribution in [2.24, 2.45) is 0 Å². The van der Waals surface area contributed by atoms with Crippen LogP contribution in [0.1, 0.15) is 11.1 Å². The van der Waals surface area contributed by atoms with Crippen molar-refractivity contribution in [2.75, 3.05) is 16.8 Å². The number of nitrogens with one attached hydrogen (secondary N) is 1. The highest BCUT2D eigenvalue weighted by atomic mass is 35.5. The molecule has 0 bridgehead atoms. The van der Waals surface area contributed by atoms with Crippen LogP contribution in [0.5, 0.6) is 0 Å². The number of urea groups is 1. The molecule has 0 aliphatic carbocycles. The lowest BCUT2D eigenvalue weighted by molar-refractivity contribution is 0.257. The number of fused-ring (bicyclic) bond motifs is 2. The summed E-state index contributed by atoms with van der Waals surface area (Å²) < 4.78 is 0. The Bertz CT molecular complexity index is 949. The number of anilines is 2. The monoisotopic (exact) mass is 337 g/mol. The number of aryl methyl sites for hydroxylation is 1. The van der Waals surface area contributed by atoms with Gasteiger partial charge in [0.25, 0.3) is 0 Å². The van der Waals surface area contributed by atoms with Crippen LogP contribution in [0.15, 0.2) is 48.7 Å². The van der Waals surface area contributed by atoms with Crippen molar-refractivity contribution in [3.05, 3.63) is 64.8 Å². The van der Waals surface area contributed by atoms with Gasteiger partial charge in [0.1, 0.15) is 0 Å². The van der Waals surface area contributed by atoms with Crippen LogP contribution in [0, 0.1) is 6.92 Å². The molecule has 4 nitrogen and oxygen atoms in total. The normalized spacial score (nSPS) is 13.2. The largest absolute Gasteiger partial charge is 0.326 e. The zero-order chi connectivity index (χ0) is 16.7. The molecular weight excluding hydrogens is 322 g/mol. The van der Waals surface area contributed by atoms with Gasteiger partial charge in [-0.15, -0.1) is 0 Å². The Morgan fingerprint density at radius 1 is 1.25 bits per heavy atom. The number of carbonyl (C=O) groups is 1. The summed E-state index contributed by atoms with van der Waals surface area (Å²) >= 11 is 6.23. The van der Waals surface area contributed by atoms with Crippen LogP contribution < -0.4 is 10.2 Å². The van der Waals surface area contributed by atoms with Gasteiger partial charge in [-0.25, -0.2) is 4.79 Å². The van der Waals surface area contributed by atoms with Crippen molar-refractivity contribution >= 4 is 39.9 Å². The molecule has 0 atom stereocenters. The molecule has 3 aromatic rings. The summed E-state index contributed by atoms with van der Waals surface area (Å²) in [6, 6.07) is 13.3. The Balaban J connectivity index is 1.66. The number of amides is 2. The van der Waals surface area contributed by atoms with Crippen molar-refractivity contribution in [3.63, 3.8) is 0 Å². The predicted octanol–water partition coefficient (Wildman–Crippen LogP) is 4.79. The number of hydrogen-bond donors (Lipinski definition) is 1. The Labute approximate surface area is 145 Å². The minimum absolute atomic E-state index is 0.148. The van der Waals surface area contributed by atoms with Crippen molar-refractivity contribution in [2.45, 2.75) is 13.3 Å². The lowest BCUT2D eigenvalue weighted by atomic mass is 10.1. The molecule has 0 spiro atoms. The molecule has 0 radical (unpaired) electrons. The van der Waals surface area contributed by atoms with Crippen molar-refractivity contribution in [1.29, 1.82) is 0 Å². The van der Waals surface area contributed by atoms with Crippen LogP contribution in [0.2, 0.25) is 5.02 Å². The quantitative estimate of drug-likeness (QED) is 0.693. The SMILES string of the molecule is Cc1cc2c(cc1Cl)N(C(=O)Nc1cccc3ncccc13)CC2. The molecule has 5 heteroatoms. The second-order valence-electron chi connectivity index (χ2n) is 5.94. The number of rotatable bonds is 1. The maximum Gasteiger partial charge on any atom is 0.326 e. The maximum absolute atomic E-state index is 12.8. The molecule has 24 heavy (non-hydrogen) atoms. The number of aromatic nitrogens is 1. The molecule has 1 aliphatic heterocycles. The first-order valence-corrected chi connectivity index (χ1v) is 8.22. The standard InChI is InChI=1S/C19H16ClN3O/c1-12-10-13-7-9-23(18(13)11-15(12)20)19(24)22-17-6-2-5-16-14(17)4-3-8-21-16/h2-6,8,10-11H,7,9H2,1H3,(H,22,24). The van der Waals surface area contributed by atoms with E-state index in [1.54, 1.807) is 11.1 Å². The molecule has 1 aliphatic rings. The average molecular weight is 338 g/mol. The van der Waals surface area contributed by atoms with Gasteiger partial charge in [0.2, 0.25) is 0 Å². The van der Waals surface area contributed by atoms with Crippen molar-refractivity contribution < 1.29 is 4.79 Å². The molecule has 120 valence electrons. The van der Waals surface area contributed by atoms with Gasteiger partial charge in [-0.05, 0) is 54.8 Å². The Morgan fingerprint density at radius 2 is 2.12 bits per heavy atom. The molecule has 0 saturated carbocycles. The lowest BCUT2D eigenvalue weighted by Crippen LogP contribution is -2.33. The highest BCUT2D eigenvalue weighted by Crippen LogP contribution is 2.33. The fourth-order valence-corrected chi connectivity index (χ4v) is 3.30. The van der Waals surface area contributed by atoms with E-state index in [0.29, 0.717) is 11.6 Å². The lowest BCUT2D eigenvalue weighted by Gasteiger charge is -2.19. The molecule has 0 unspecified atom stereocenters. The molecule has 1 N–H and O–H groups in total. The van der Waals surface area contributed by atoms with Gasteiger partial charge in [0.05, 0.1) is 16.9 Å². The van der Waals surface area contributed by atoms with Crippen LogP contribution in [0.3, 0.4) is 0 Å². The summed E-state index contributed by atoms with van der Waals surface area (Å²) in [5.41, 5.74) is 4.71. The zero-order valence-electron chi connectivity index (χ0n) is 13.2. The first-order chi connectivity index (χ1) is 11.6.